The summed E-state index contributed by atoms with van der Waals surface area (Å²) in [5, 5.41) is 4.36. The van der Waals surface area contributed by atoms with E-state index in [0.29, 0.717) is 29.0 Å². The molecule has 2 fully saturated rings. The van der Waals surface area contributed by atoms with Crippen LogP contribution in [0.3, 0.4) is 0 Å². The van der Waals surface area contributed by atoms with Crippen LogP contribution in [0.25, 0.3) is 0 Å². The van der Waals surface area contributed by atoms with Gasteiger partial charge in [0.1, 0.15) is 5.82 Å². The van der Waals surface area contributed by atoms with Crippen LogP contribution < -0.4 is 5.73 Å². The lowest BCUT2D eigenvalue weighted by atomic mass is 9.87. The number of nitrogens with zero attached hydrogens (tertiary/aromatic N) is 2. The van der Waals surface area contributed by atoms with E-state index in [9.17, 15) is 9.18 Å². The molecule has 4 nitrogen and oxygen atoms in total. The Kier molecular flexibility index (Phi) is 6.70. The van der Waals surface area contributed by atoms with E-state index in [1.807, 2.05) is 42.2 Å². The van der Waals surface area contributed by atoms with Gasteiger partial charge in [0.05, 0.1) is 5.56 Å². The number of thiophene rings is 1. The van der Waals surface area contributed by atoms with Gasteiger partial charge in [-0.1, -0.05) is 24.3 Å². The van der Waals surface area contributed by atoms with Crippen LogP contribution in [-0.4, -0.2) is 48.4 Å². The van der Waals surface area contributed by atoms with Crippen molar-refractivity contribution in [2.75, 3.05) is 38.5 Å². The van der Waals surface area contributed by atoms with Crippen molar-refractivity contribution in [2.24, 2.45) is 5.92 Å². The third kappa shape index (κ3) is 4.75. The second-order valence-electron chi connectivity index (χ2n) is 9.80. The zero-order valence-corrected chi connectivity index (χ0v) is 20.4. The molecule has 2 N–H and O–H groups in total. The third-order valence-electron chi connectivity index (χ3n) is 7.68. The maximum atomic E-state index is 13.4. The Bertz CT molecular complexity index is 1120. The number of nitrogens with two attached hydrogens (primary N) is 1. The molecule has 34 heavy (non-hydrogen) atoms. The van der Waals surface area contributed by atoms with E-state index in [1.54, 1.807) is 23.5 Å². The molecule has 3 heterocycles. The minimum absolute atomic E-state index is 0.0407. The summed E-state index contributed by atoms with van der Waals surface area (Å²) in [5.41, 5.74) is 11.0. The Morgan fingerprint density at radius 1 is 1.06 bits per heavy atom. The summed E-state index contributed by atoms with van der Waals surface area (Å²) in [6, 6.07) is 14.9. The summed E-state index contributed by atoms with van der Waals surface area (Å²) in [4.78, 5) is 18.0. The molecule has 2 aromatic carbocycles. The molecule has 6 heteroatoms. The van der Waals surface area contributed by atoms with Gasteiger partial charge in [0.25, 0.3) is 5.91 Å². The number of amides is 1. The van der Waals surface area contributed by atoms with Crippen molar-refractivity contribution < 1.29 is 9.18 Å². The second kappa shape index (κ2) is 9.88. The van der Waals surface area contributed by atoms with Crippen molar-refractivity contribution in [3.63, 3.8) is 0 Å². The molecule has 2 aliphatic rings. The number of hydrogen-bond donors (Lipinski definition) is 1. The van der Waals surface area contributed by atoms with E-state index >= 15 is 0 Å². The summed E-state index contributed by atoms with van der Waals surface area (Å²) in [5.74, 6) is 1.10. The van der Waals surface area contributed by atoms with Gasteiger partial charge in [-0.3, -0.25) is 4.79 Å². The summed E-state index contributed by atoms with van der Waals surface area (Å²) in [7, 11) is 0. The van der Waals surface area contributed by atoms with Gasteiger partial charge in [-0.15, -0.1) is 0 Å². The summed E-state index contributed by atoms with van der Waals surface area (Å²) >= 11 is 1.72. The topological polar surface area (TPSA) is 49.6 Å². The Labute approximate surface area is 205 Å². The number of hydrogen-bond acceptors (Lipinski definition) is 4. The van der Waals surface area contributed by atoms with Gasteiger partial charge in [-0.2, -0.15) is 11.3 Å². The largest absolute Gasteiger partial charge is 0.398 e. The minimum atomic E-state index is -0.173. The van der Waals surface area contributed by atoms with Gasteiger partial charge in [0.2, 0.25) is 0 Å². The molecular formula is C28H32FN3OS. The van der Waals surface area contributed by atoms with Crippen LogP contribution in [-0.2, 0) is 0 Å². The first-order valence-electron chi connectivity index (χ1n) is 12.1. The molecule has 2 unspecified atom stereocenters. The number of aryl methyl sites for hydroxylation is 1. The van der Waals surface area contributed by atoms with E-state index in [2.05, 4.69) is 21.7 Å². The standard InChI is InChI=1S/C28H32FN3OS/c1-19-3-2-4-25(27(19)30)28(33)32-16-23(26(17-32)22-11-14-34-18-22)15-31-12-9-21(10-13-31)20-5-7-24(29)8-6-20/h2-8,11,14,18,21,23,26H,9-10,12-13,15-17,30H2,1H3. The SMILES string of the molecule is Cc1cccc(C(=O)N2CC(CN3CCC(c4ccc(F)cc4)CC3)C(c3ccsc3)C2)c1N. The van der Waals surface area contributed by atoms with Crippen LogP contribution in [0.1, 0.15) is 51.7 Å². The van der Waals surface area contributed by atoms with Crippen LogP contribution in [0.4, 0.5) is 10.1 Å². The predicted octanol–water partition coefficient (Wildman–Crippen LogP) is 5.51. The molecule has 2 saturated heterocycles. The van der Waals surface area contributed by atoms with Crippen molar-refractivity contribution >= 4 is 22.9 Å². The fourth-order valence-electron chi connectivity index (χ4n) is 5.64. The van der Waals surface area contributed by atoms with Crippen molar-refractivity contribution in [3.8, 4) is 0 Å². The van der Waals surface area contributed by atoms with Gasteiger partial charge in [-0.25, -0.2) is 4.39 Å². The molecule has 5 rings (SSSR count). The molecule has 0 bridgehead atoms. The monoisotopic (exact) mass is 477 g/mol. The fraction of sp³-hybridized carbons (Fsp3) is 0.393. The van der Waals surface area contributed by atoms with Gasteiger partial charge in [0.15, 0.2) is 0 Å². The molecule has 0 radical (unpaired) electrons. The maximum absolute atomic E-state index is 13.4. The minimum Gasteiger partial charge on any atom is -0.398 e. The number of anilines is 1. The van der Waals surface area contributed by atoms with Crippen LogP contribution in [0.15, 0.2) is 59.3 Å². The number of carbonyl (C=O) groups is 1. The number of halogens is 1. The number of nitrogen functional groups attached to an aromatic ring is 1. The van der Waals surface area contributed by atoms with Gasteiger partial charge in [-0.05, 0) is 96.4 Å². The lowest BCUT2D eigenvalue weighted by molar-refractivity contribution is 0.0782. The average Bonchev–Trinajstić information content (AvgIpc) is 3.52. The maximum Gasteiger partial charge on any atom is 0.255 e. The Morgan fingerprint density at radius 2 is 1.82 bits per heavy atom. The van der Waals surface area contributed by atoms with Crippen molar-refractivity contribution in [2.45, 2.75) is 31.6 Å². The second-order valence-corrected chi connectivity index (χ2v) is 10.6. The lowest BCUT2D eigenvalue weighted by Crippen LogP contribution is -2.38. The zero-order valence-electron chi connectivity index (χ0n) is 19.6. The summed E-state index contributed by atoms with van der Waals surface area (Å²) < 4.78 is 13.3. The Hall–Kier alpha value is -2.70. The highest BCUT2D eigenvalue weighted by atomic mass is 32.1. The predicted molar refractivity (Wildman–Crippen MR) is 137 cm³/mol. The average molecular weight is 478 g/mol. The van der Waals surface area contributed by atoms with Crippen molar-refractivity contribution in [1.29, 1.82) is 0 Å². The molecular weight excluding hydrogens is 445 g/mol. The fourth-order valence-corrected chi connectivity index (χ4v) is 6.36. The van der Waals surface area contributed by atoms with Crippen LogP contribution in [0, 0.1) is 18.7 Å². The Morgan fingerprint density at radius 3 is 2.53 bits per heavy atom. The summed E-state index contributed by atoms with van der Waals surface area (Å²) in [6.07, 6.45) is 2.17. The number of para-hydroxylation sites is 1. The smallest absolute Gasteiger partial charge is 0.255 e. The lowest BCUT2D eigenvalue weighted by Gasteiger charge is -2.34. The number of likely N-dealkylation sites (tertiary alicyclic amines) is 2. The highest BCUT2D eigenvalue weighted by Crippen LogP contribution is 2.37. The van der Waals surface area contributed by atoms with Crippen molar-refractivity contribution in [1.82, 2.24) is 9.80 Å². The van der Waals surface area contributed by atoms with E-state index in [1.165, 1.54) is 11.1 Å². The zero-order chi connectivity index (χ0) is 23.7. The molecule has 1 amide bonds. The van der Waals surface area contributed by atoms with Gasteiger partial charge in [0, 0.05) is 31.2 Å². The van der Waals surface area contributed by atoms with E-state index in [-0.39, 0.29) is 11.7 Å². The van der Waals surface area contributed by atoms with Crippen molar-refractivity contribution in [3.05, 3.63) is 87.4 Å². The highest BCUT2D eigenvalue weighted by molar-refractivity contribution is 7.08. The molecule has 178 valence electrons. The van der Waals surface area contributed by atoms with Gasteiger partial charge < -0.3 is 15.5 Å². The third-order valence-corrected chi connectivity index (χ3v) is 8.38. The molecule has 2 aliphatic heterocycles. The van der Waals surface area contributed by atoms with Crippen LogP contribution >= 0.6 is 11.3 Å². The van der Waals surface area contributed by atoms with E-state index in [0.717, 1.165) is 51.1 Å². The summed E-state index contributed by atoms with van der Waals surface area (Å²) in [6.45, 7) is 6.50. The van der Waals surface area contributed by atoms with E-state index < -0.39 is 0 Å². The number of piperidine rings is 1. The molecule has 0 saturated carbocycles. The van der Waals surface area contributed by atoms with Gasteiger partial charge >= 0.3 is 0 Å². The van der Waals surface area contributed by atoms with Crippen LogP contribution in [0.5, 0.6) is 0 Å². The first kappa shape index (κ1) is 23.1. The first-order chi connectivity index (χ1) is 16.5. The molecule has 2 atom stereocenters. The molecule has 1 aromatic heterocycles. The Balaban J connectivity index is 1.27. The molecule has 3 aromatic rings. The van der Waals surface area contributed by atoms with E-state index in [4.69, 9.17) is 5.73 Å². The highest BCUT2D eigenvalue weighted by Gasteiger charge is 2.38. The number of benzene rings is 2. The van der Waals surface area contributed by atoms with Crippen LogP contribution in [0.2, 0.25) is 0 Å². The molecule has 0 spiro atoms. The quantitative estimate of drug-likeness (QED) is 0.493. The number of rotatable bonds is 5. The number of carbonyl (C=O) groups excluding carboxylic acids is 1. The first-order valence-corrected chi connectivity index (χ1v) is 13.1. The molecule has 0 aliphatic carbocycles. The normalized spacial score (nSPS) is 21.8.